The molecule has 0 amide bonds. The molecule has 0 spiro atoms. The van der Waals surface area contributed by atoms with E-state index in [4.69, 9.17) is 23.4 Å². The SMILES string of the molecule is C#Cc1cc(C#N)c(C#C)cc1C#N. The van der Waals surface area contributed by atoms with Gasteiger partial charge < -0.3 is 0 Å². The van der Waals surface area contributed by atoms with Crippen LogP contribution in [0.25, 0.3) is 0 Å². The van der Waals surface area contributed by atoms with Crippen LogP contribution in [0.2, 0.25) is 0 Å². The molecule has 0 aliphatic heterocycles. The Morgan fingerprint density at radius 3 is 1.36 bits per heavy atom. The molecule has 62 valence electrons. The summed E-state index contributed by atoms with van der Waals surface area (Å²) < 4.78 is 0. The molecule has 2 heteroatoms. The van der Waals surface area contributed by atoms with Crippen molar-refractivity contribution in [3.63, 3.8) is 0 Å². The standard InChI is InChI=1S/C12H4N2/c1-3-9-5-12(8-14)10(4-2)6-11(9)7-13/h1-2,5-6H. The molecule has 0 saturated carbocycles. The van der Waals surface area contributed by atoms with Gasteiger partial charge in [0.15, 0.2) is 0 Å². The van der Waals surface area contributed by atoms with Gasteiger partial charge in [-0.2, -0.15) is 10.5 Å². The van der Waals surface area contributed by atoms with Gasteiger partial charge in [0.05, 0.1) is 11.1 Å². The third-order valence-corrected chi connectivity index (χ3v) is 1.71. The number of nitrogens with zero attached hydrogens (tertiary/aromatic N) is 2. The molecular formula is C12H4N2. The molecule has 0 saturated heterocycles. The van der Waals surface area contributed by atoms with Gasteiger partial charge in [-0.25, -0.2) is 0 Å². The van der Waals surface area contributed by atoms with Gasteiger partial charge in [0.1, 0.15) is 12.1 Å². The molecule has 0 radical (unpaired) electrons. The van der Waals surface area contributed by atoms with Crippen molar-refractivity contribution in [3.8, 4) is 36.8 Å². The van der Waals surface area contributed by atoms with Crippen LogP contribution in [0.5, 0.6) is 0 Å². The van der Waals surface area contributed by atoms with E-state index in [1.165, 1.54) is 12.1 Å². The van der Waals surface area contributed by atoms with Crippen molar-refractivity contribution in [1.82, 2.24) is 0 Å². The van der Waals surface area contributed by atoms with E-state index in [0.29, 0.717) is 22.3 Å². The van der Waals surface area contributed by atoms with Crippen molar-refractivity contribution in [2.75, 3.05) is 0 Å². The lowest BCUT2D eigenvalue weighted by Crippen LogP contribution is -1.90. The minimum absolute atomic E-state index is 0.319. The largest absolute Gasteiger partial charge is 0.192 e. The summed E-state index contributed by atoms with van der Waals surface area (Å²) >= 11 is 0. The average Bonchev–Trinajstić information content (AvgIpc) is 2.26. The average molecular weight is 176 g/mol. The highest BCUT2D eigenvalue weighted by molar-refractivity contribution is 5.58. The molecule has 1 aromatic rings. The van der Waals surface area contributed by atoms with Gasteiger partial charge >= 0.3 is 0 Å². The van der Waals surface area contributed by atoms with Crippen LogP contribution in [-0.2, 0) is 0 Å². The van der Waals surface area contributed by atoms with Crippen LogP contribution >= 0.6 is 0 Å². The predicted molar refractivity (Wildman–Crippen MR) is 51.7 cm³/mol. The first-order valence-corrected chi connectivity index (χ1v) is 3.68. The molecule has 0 aromatic heterocycles. The number of terminal acetylenes is 2. The summed E-state index contributed by atoms with van der Waals surface area (Å²) in [7, 11) is 0. The Morgan fingerprint density at radius 2 is 1.14 bits per heavy atom. The monoisotopic (exact) mass is 176 g/mol. The molecule has 0 N–H and O–H groups in total. The van der Waals surface area contributed by atoms with Gasteiger partial charge in [0.25, 0.3) is 0 Å². The normalized spacial score (nSPS) is 7.71. The number of hydrogen-bond donors (Lipinski definition) is 0. The van der Waals surface area contributed by atoms with E-state index in [1.807, 2.05) is 12.1 Å². The lowest BCUT2D eigenvalue weighted by Gasteiger charge is -1.99. The summed E-state index contributed by atoms with van der Waals surface area (Å²) in [5, 5.41) is 17.5. The molecule has 0 heterocycles. The maximum absolute atomic E-state index is 8.74. The first kappa shape index (κ1) is 9.41. The zero-order valence-corrected chi connectivity index (χ0v) is 7.20. The third-order valence-electron chi connectivity index (χ3n) is 1.71. The van der Waals surface area contributed by atoms with E-state index in [0.717, 1.165) is 0 Å². The zero-order valence-electron chi connectivity index (χ0n) is 7.20. The fourth-order valence-electron chi connectivity index (χ4n) is 1.02. The molecule has 1 aromatic carbocycles. The second-order valence-corrected chi connectivity index (χ2v) is 2.46. The summed E-state index contributed by atoms with van der Waals surface area (Å²) in [6, 6.07) is 6.75. The van der Waals surface area contributed by atoms with Gasteiger partial charge in [-0.15, -0.1) is 12.8 Å². The minimum atomic E-state index is 0.319. The number of benzene rings is 1. The fraction of sp³-hybridized carbons (Fsp3) is 0. The van der Waals surface area contributed by atoms with Crippen molar-refractivity contribution < 1.29 is 0 Å². The first-order valence-electron chi connectivity index (χ1n) is 3.68. The number of nitriles is 2. The fourth-order valence-corrected chi connectivity index (χ4v) is 1.02. The van der Waals surface area contributed by atoms with Crippen LogP contribution in [0.3, 0.4) is 0 Å². The van der Waals surface area contributed by atoms with Crippen molar-refractivity contribution in [2.24, 2.45) is 0 Å². The Morgan fingerprint density at radius 1 is 0.786 bits per heavy atom. The Labute approximate surface area is 82.4 Å². The van der Waals surface area contributed by atoms with E-state index in [2.05, 4.69) is 11.8 Å². The van der Waals surface area contributed by atoms with E-state index in [9.17, 15) is 0 Å². The van der Waals surface area contributed by atoms with E-state index in [1.54, 1.807) is 0 Å². The summed E-state index contributed by atoms with van der Waals surface area (Å²) in [4.78, 5) is 0. The van der Waals surface area contributed by atoms with Crippen molar-refractivity contribution in [1.29, 1.82) is 10.5 Å². The number of rotatable bonds is 0. The Hall–Kier alpha value is -2.68. The quantitative estimate of drug-likeness (QED) is 0.561. The maximum atomic E-state index is 8.74. The summed E-state index contributed by atoms with van der Waals surface area (Å²) in [6.45, 7) is 0. The Bertz CT molecular complexity index is 442. The van der Waals surface area contributed by atoms with Crippen LogP contribution in [0, 0.1) is 47.3 Å². The highest BCUT2D eigenvalue weighted by Crippen LogP contribution is 2.14. The van der Waals surface area contributed by atoms with Crippen LogP contribution in [0.15, 0.2) is 12.1 Å². The number of hydrogen-bond acceptors (Lipinski definition) is 2. The Balaban J connectivity index is 3.60. The van der Waals surface area contributed by atoms with Gasteiger partial charge in [-0.3, -0.25) is 0 Å². The molecule has 0 aliphatic carbocycles. The van der Waals surface area contributed by atoms with E-state index < -0.39 is 0 Å². The maximum Gasteiger partial charge on any atom is 0.100 e. The Kier molecular flexibility index (Phi) is 2.57. The molecule has 0 bridgehead atoms. The highest BCUT2D eigenvalue weighted by Gasteiger charge is 2.06. The highest BCUT2D eigenvalue weighted by atomic mass is 14.3. The van der Waals surface area contributed by atoms with Crippen LogP contribution in [0.1, 0.15) is 22.3 Å². The molecule has 0 aliphatic rings. The van der Waals surface area contributed by atoms with Crippen molar-refractivity contribution in [3.05, 3.63) is 34.4 Å². The topological polar surface area (TPSA) is 47.6 Å². The molecular weight excluding hydrogens is 172 g/mol. The van der Waals surface area contributed by atoms with Crippen LogP contribution < -0.4 is 0 Å². The summed E-state index contributed by atoms with van der Waals surface area (Å²) in [5.74, 6) is 4.66. The van der Waals surface area contributed by atoms with Gasteiger partial charge in [-0.1, -0.05) is 11.8 Å². The van der Waals surface area contributed by atoms with Gasteiger partial charge in [0, 0.05) is 11.1 Å². The van der Waals surface area contributed by atoms with Crippen molar-refractivity contribution >= 4 is 0 Å². The molecule has 0 unspecified atom stereocenters. The second kappa shape index (κ2) is 3.82. The lowest BCUT2D eigenvalue weighted by atomic mass is 10.0. The first-order chi connectivity index (χ1) is 6.76. The predicted octanol–water partition coefficient (Wildman–Crippen LogP) is 1.39. The summed E-state index contributed by atoms with van der Waals surface area (Å²) in [5.41, 5.74) is 1.42. The van der Waals surface area contributed by atoms with Gasteiger partial charge in [-0.05, 0) is 12.1 Å². The molecule has 0 atom stereocenters. The van der Waals surface area contributed by atoms with Crippen LogP contribution in [0.4, 0.5) is 0 Å². The second-order valence-electron chi connectivity index (χ2n) is 2.46. The zero-order chi connectivity index (χ0) is 10.6. The molecule has 1 rings (SSSR count). The van der Waals surface area contributed by atoms with E-state index >= 15 is 0 Å². The van der Waals surface area contributed by atoms with Gasteiger partial charge in [0.2, 0.25) is 0 Å². The minimum Gasteiger partial charge on any atom is -0.192 e. The molecule has 14 heavy (non-hydrogen) atoms. The lowest BCUT2D eigenvalue weighted by molar-refractivity contribution is 1.42. The summed E-state index contributed by atoms with van der Waals surface area (Å²) in [6.07, 6.45) is 10.4. The van der Waals surface area contributed by atoms with Crippen molar-refractivity contribution in [2.45, 2.75) is 0 Å². The smallest absolute Gasteiger partial charge is 0.100 e. The molecule has 0 fully saturated rings. The third kappa shape index (κ3) is 1.42. The molecule has 2 nitrogen and oxygen atoms in total. The van der Waals surface area contributed by atoms with Crippen LogP contribution in [-0.4, -0.2) is 0 Å². The van der Waals surface area contributed by atoms with E-state index in [-0.39, 0.29) is 0 Å².